The van der Waals surface area contributed by atoms with Crippen LogP contribution in [0.2, 0.25) is 0 Å². The largest absolute Gasteiger partial charge is 0.255 e. The van der Waals surface area contributed by atoms with Crippen molar-refractivity contribution in [2.24, 2.45) is 22.7 Å². The lowest BCUT2D eigenvalue weighted by Crippen LogP contribution is -2.51. The van der Waals surface area contributed by atoms with Gasteiger partial charge in [-0.05, 0) is 142 Å². The second-order valence-electron chi connectivity index (χ2n) is 15.7. The first kappa shape index (κ1) is 28.1. The van der Waals surface area contributed by atoms with Crippen molar-refractivity contribution in [1.82, 2.24) is 19.9 Å². The molecule has 0 radical (unpaired) electrons. The molecule has 11 rings (SSSR count). The number of rotatable bonds is 6. The SMILES string of the molecule is CC1(C)C2C[C@H]1c1cnc(-c3ccccn3)cc1[C@@H]2Cc1ccc(CC2c3cc(-c4ccccn4)ncc3[C@@H]3C[C@@H]2C3(C)C)cc1. The fourth-order valence-electron chi connectivity index (χ4n) is 10.1. The van der Waals surface area contributed by atoms with E-state index in [-0.39, 0.29) is 0 Å². The van der Waals surface area contributed by atoms with Crippen LogP contribution < -0.4 is 0 Å². The van der Waals surface area contributed by atoms with Crippen molar-refractivity contribution in [3.8, 4) is 22.8 Å². The van der Waals surface area contributed by atoms with Gasteiger partial charge in [-0.1, -0.05) is 64.1 Å². The van der Waals surface area contributed by atoms with Gasteiger partial charge in [0, 0.05) is 24.8 Å². The summed E-state index contributed by atoms with van der Waals surface area (Å²) >= 11 is 0. The minimum atomic E-state index is 0.316. The maximum atomic E-state index is 4.90. The number of nitrogens with zero attached hydrogens (tertiary/aromatic N) is 4. The van der Waals surface area contributed by atoms with E-state index in [4.69, 9.17) is 9.97 Å². The van der Waals surface area contributed by atoms with Crippen LogP contribution in [0.1, 0.15) is 97.6 Å². The fraction of sp³-hybridized carbons (Fsp3) is 0.381. The maximum absolute atomic E-state index is 4.90. The molecule has 6 aliphatic carbocycles. The molecule has 4 heterocycles. The molecule has 6 aliphatic rings. The molecule has 4 heteroatoms. The molecule has 6 atom stereocenters. The Bertz CT molecular complexity index is 1790. The molecule has 46 heavy (non-hydrogen) atoms. The monoisotopic (exact) mass is 602 g/mol. The summed E-state index contributed by atoms with van der Waals surface area (Å²) in [6.07, 6.45) is 12.8. The highest BCUT2D eigenvalue weighted by atomic mass is 14.8. The van der Waals surface area contributed by atoms with Gasteiger partial charge in [-0.15, -0.1) is 0 Å². The minimum absolute atomic E-state index is 0.316. The summed E-state index contributed by atoms with van der Waals surface area (Å²) in [7, 11) is 0. The first-order valence-electron chi connectivity index (χ1n) is 17.2. The normalized spacial score (nSPS) is 27.5. The first-order valence-corrected chi connectivity index (χ1v) is 17.2. The molecule has 4 bridgehead atoms. The Kier molecular flexibility index (Phi) is 6.20. The van der Waals surface area contributed by atoms with E-state index in [9.17, 15) is 0 Å². The predicted octanol–water partition coefficient (Wildman–Crippen LogP) is 9.54. The molecule has 5 aromatic rings. The van der Waals surface area contributed by atoms with E-state index < -0.39 is 0 Å². The lowest BCUT2D eigenvalue weighted by molar-refractivity contribution is -0.00603. The molecule has 4 aromatic heterocycles. The van der Waals surface area contributed by atoms with Crippen LogP contribution in [0.3, 0.4) is 0 Å². The van der Waals surface area contributed by atoms with Crippen LogP contribution >= 0.6 is 0 Å². The molecule has 230 valence electrons. The molecule has 0 aliphatic heterocycles. The first-order chi connectivity index (χ1) is 22.3. The van der Waals surface area contributed by atoms with Crippen LogP contribution in [0, 0.1) is 22.7 Å². The summed E-state index contributed by atoms with van der Waals surface area (Å²) in [6.45, 7) is 9.89. The van der Waals surface area contributed by atoms with Gasteiger partial charge in [-0.25, -0.2) is 0 Å². The Morgan fingerprint density at radius 2 is 0.957 bits per heavy atom. The van der Waals surface area contributed by atoms with Crippen LogP contribution in [-0.2, 0) is 12.8 Å². The molecule has 1 aromatic carbocycles. The quantitative estimate of drug-likeness (QED) is 0.194. The number of pyridine rings is 4. The third-order valence-corrected chi connectivity index (χ3v) is 12.9. The maximum Gasteiger partial charge on any atom is 0.0889 e. The third kappa shape index (κ3) is 4.18. The van der Waals surface area contributed by atoms with Crippen LogP contribution in [0.5, 0.6) is 0 Å². The van der Waals surface area contributed by atoms with Crippen molar-refractivity contribution in [3.63, 3.8) is 0 Å². The van der Waals surface area contributed by atoms with Crippen LogP contribution in [-0.4, -0.2) is 19.9 Å². The summed E-state index contributed by atoms with van der Waals surface area (Å²) in [5.74, 6) is 3.61. The van der Waals surface area contributed by atoms with E-state index >= 15 is 0 Å². The summed E-state index contributed by atoms with van der Waals surface area (Å²) in [6, 6.07) is 26.6. The van der Waals surface area contributed by atoms with Gasteiger partial charge in [-0.3, -0.25) is 19.9 Å². The molecule has 2 fully saturated rings. The molecule has 0 saturated heterocycles. The van der Waals surface area contributed by atoms with Crippen LogP contribution in [0.25, 0.3) is 22.8 Å². The Morgan fingerprint density at radius 1 is 0.522 bits per heavy atom. The molecule has 0 N–H and O–H groups in total. The zero-order chi connectivity index (χ0) is 31.2. The van der Waals surface area contributed by atoms with E-state index in [1.165, 1.54) is 46.2 Å². The zero-order valence-electron chi connectivity index (χ0n) is 27.3. The number of hydrogen-bond donors (Lipinski definition) is 0. The van der Waals surface area contributed by atoms with Gasteiger partial charge in [0.25, 0.3) is 0 Å². The average Bonchev–Trinajstić information content (AvgIpc) is 3.09. The summed E-state index contributed by atoms with van der Waals surface area (Å²) < 4.78 is 0. The van der Waals surface area contributed by atoms with Crippen molar-refractivity contribution in [3.05, 3.63) is 131 Å². The zero-order valence-corrected chi connectivity index (χ0v) is 27.3. The standard InChI is InChI=1S/C42H42N4/c1-41(2)33-21-35(41)31-23-45-39(37-9-5-7-15-43-37)19-27(31)29(33)17-25-11-13-26(14-12-25)18-30-28-20-40(38-10-6-8-16-44-38)46-24-32(28)36-22-34(30)42(36,3)4/h5-16,19-20,23-24,29-30,33-36H,17-18,21-22H2,1-4H3/t29-,30?,33?,34-,35-,36-/m0/s1. The summed E-state index contributed by atoms with van der Waals surface area (Å²) in [5.41, 5.74) is 13.3. The van der Waals surface area contributed by atoms with E-state index in [0.717, 1.165) is 35.6 Å². The lowest BCUT2D eigenvalue weighted by Gasteiger charge is -2.60. The van der Waals surface area contributed by atoms with Gasteiger partial charge in [-0.2, -0.15) is 0 Å². The highest BCUT2D eigenvalue weighted by molar-refractivity contribution is 5.59. The minimum Gasteiger partial charge on any atom is -0.255 e. The molecule has 2 saturated carbocycles. The van der Waals surface area contributed by atoms with Crippen molar-refractivity contribution in [2.45, 2.75) is 77.0 Å². The average molecular weight is 603 g/mol. The number of hydrogen-bond acceptors (Lipinski definition) is 4. The van der Waals surface area contributed by atoms with Crippen molar-refractivity contribution < 1.29 is 0 Å². The van der Waals surface area contributed by atoms with E-state index in [0.29, 0.717) is 46.3 Å². The summed E-state index contributed by atoms with van der Waals surface area (Å²) in [5, 5.41) is 0. The highest BCUT2D eigenvalue weighted by Crippen LogP contribution is 2.68. The smallest absolute Gasteiger partial charge is 0.0889 e. The molecule has 0 spiro atoms. The van der Waals surface area contributed by atoms with Crippen LogP contribution in [0.15, 0.2) is 97.6 Å². The lowest BCUT2D eigenvalue weighted by atomic mass is 9.43. The van der Waals surface area contributed by atoms with E-state index in [2.05, 4.69) is 111 Å². The number of benzene rings is 1. The Labute approximate surface area is 272 Å². The van der Waals surface area contributed by atoms with Gasteiger partial charge in [0.2, 0.25) is 0 Å². The Morgan fingerprint density at radius 3 is 1.33 bits per heavy atom. The molecular formula is C42H42N4. The third-order valence-electron chi connectivity index (χ3n) is 12.9. The van der Waals surface area contributed by atoms with E-state index in [1.54, 1.807) is 0 Å². The Balaban J connectivity index is 1.00. The highest BCUT2D eigenvalue weighted by Gasteiger charge is 2.58. The fourth-order valence-corrected chi connectivity index (χ4v) is 10.1. The number of aromatic nitrogens is 4. The van der Waals surface area contributed by atoms with Gasteiger partial charge in [0.1, 0.15) is 0 Å². The Hall–Kier alpha value is -4.18. The van der Waals surface area contributed by atoms with Gasteiger partial charge in [0.05, 0.1) is 22.8 Å². The molecule has 4 nitrogen and oxygen atoms in total. The van der Waals surface area contributed by atoms with Gasteiger partial charge >= 0.3 is 0 Å². The second-order valence-corrected chi connectivity index (χ2v) is 15.7. The second kappa shape index (κ2) is 10.2. The molecule has 0 amide bonds. The topological polar surface area (TPSA) is 51.6 Å². The van der Waals surface area contributed by atoms with Gasteiger partial charge in [0.15, 0.2) is 0 Å². The summed E-state index contributed by atoms with van der Waals surface area (Å²) in [4.78, 5) is 19.0. The molecule has 2 unspecified atom stereocenters. The molecular weight excluding hydrogens is 560 g/mol. The predicted molar refractivity (Wildman–Crippen MR) is 184 cm³/mol. The van der Waals surface area contributed by atoms with Crippen molar-refractivity contribution in [1.29, 1.82) is 0 Å². The van der Waals surface area contributed by atoms with Crippen molar-refractivity contribution >= 4 is 0 Å². The van der Waals surface area contributed by atoms with Crippen LogP contribution in [0.4, 0.5) is 0 Å². The van der Waals surface area contributed by atoms with E-state index in [1.807, 2.05) is 24.5 Å². The van der Waals surface area contributed by atoms with Gasteiger partial charge < -0.3 is 0 Å². The van der Waals surface area contributed by atoms with Crippen molar-refractivity contribution in [2.75, 3.05) is 0 Å².